The quantitative estimate of drug-likeness (QED) is 0.406. The maximum absolute atomic E-state index is 3.73. The van der Waals surface area contributed by atoms with Gasteiger partial charge in [-0.3, -0.25) is 0 Å². The third-order valence-electron chi connectivity index (χ3n) is 0.771. The lowest BCUT2D eigenvalue weighted by atomic mass is 26.1. The number of hydrogen-bond donors (Lipinski definition) is 0. The predicted molar refractivity (Wildman–Crippen MR) is 58.7 cm³/mol. The summed E-state index contributed by atoms with van der Waals surface area (Å²) in [6.07, 6.45) is 0. The van der Waals surface area contributed by atoms with Crippen LogP contribution in [-0.2, 0) is 0 Å². The minimum absolute atomic E-state index is 1.04. The molecule has 1 aliphatic rings. The van der Waals surface area contributed by atoms with Crippen molar-refractivity contribution >= 4 is 87.0 Å². The standard InChI is InChI=1S/Br4Si4/c1-7(2)5-6-8(7,3)4. The average molecular weight is 432 g/mol. The third-order valence-corrected chi connectivity index (χ3v) is 108. The average Bonchev–Trinajstić information content (AvgIpc) is 1.64. The van der Waals surface area contributed by atoms with Crippen molar-refractivity contribution in [2.45, 2.75) is 0 Å². The Morgan fingerprint density at radius 1 is 0.750 bits per heavy atom. The Balaban J connectivity index is 2.63. The van der Waals surface area contributed by atoms with Crippen molar-refractivity contribution in [1.82, 2.24) is 0 Å². The fourth-order valence-electron chi connectivity index (χ4n) is 0.251. The second kappa shape index (κ2) is 2.68. The molecule has 0 aromatic carbocycles. The fourth-order valence-corrected chi connectivity index (χ4v) is 84.6. The molecule has 0 atom stereocenters. The molecule has 1 aliphatic heterocycles. The van der Waals surface area contributed by atoms with Crippen LogP contribution in [0.4, 0.5) is 0 Å². The molecule has 0 unspecified atom stereocenters. The van der Waals surface area contributed by atoms with E-state index in [-0.39, 0.29) is 0 Å². The molecule has 0 saturated carbocycles. The van der Waals surface area contributed by atoms with E-state index in [1.807, 2.05) is 0 Å². The van der Waals surface area contributed by atoms with Gasteiger partial charge in [-0.1, -0.05) is 0 Å². The van der Waals surface area contributed by atoms with Gasteiger partial charge >= 0.3 is 0 Å². The Bertz CT molecular complexity index is 92.6. The normalized spacial score (nSPS) is 31.5. The van der Waals surface area contributed by atoms with Crippen molar-refractivity contribution in [3.8, 4) is 0 Å². The van der Waals surface area contributed by atoms with Crippen LogP contribution in [0.3, 0.4) is 0 Å². The van der Waals surface area contributed by atoms with E-state index in [0.717, 1.165) is 0 Å². The first-order valence-corrected chi connectivity index (χ1v) is 20.8. The van der Waals surface area contributed by atoms with E-state index in [0.29, 0.717) is 0 Å². The number of rotatable bonds is 0. The molecule has 1 saturated heterocycles. The van der Waals surface area contributed by atoms with E-state index in [4.69, 9.17) is 0 Å². The van der Waals surface area contributed by atoms with E-state index < -0.39 is 8.70 Å². The molecule has 0 nitrogen and oxygen atoms in total. The molecule has 0 bridgehead atoms. The van der Waals surface area contributed by atoms with Crippen LogP contribution in [0, 0.1) is 0 Å². The molecule has 0 amide bonds. The molecule has 1 rings (SSSR count). The summed E-state index contributed by atoms with van der Waals surface area (Å²) in [7, 11) is 2.33. The maximum Gasteiger partial charge on any atom is 0.194 e. The summed E-state index contributed by atoms with van der Waals surface area (Å²) in [5, 5.41) is 0. The zero-order valence-corrected chi connectivity index (χ0v) is 13.9. The highest BCUT2D eigenvalue weighted by Crippen LogP contribution is 2.44. The van der Waals surface area contributed by atoms with Gasteiger partial charge < -0.3 is 0 Å². The van der Waals surface area contributed by atoms with Gasteiger partial charge in [-0.05, 0) is 0 Å². The van der Waals surface area contributed by atoms with Gasteiger partial charge in [0.2, 0.25) is 0 Å². The van der Waals surface area contributed by atoms with Crippen molar-refractivity contribution in [3.05, 3.63) is 0 Å². The number of halogens is 4. The van der Waals surface area contributed by atoms with E-state index in [1.54, 1.807) is 0 Å². The summed E-state index contributed by atoms with van der Waals surface area (Å²) >= 11 is 14.9. The van der Waals surface area contributed by atoms with Gasteiger partial charge in [0.25, 0.3) is 0 Å². The molecule has 0 spiro atoms. The lowest BCUT2D eigenvalue weighted by Crippen LogP contribution is -2.70. The van der Waals surface area contributed by atoms with Crippen LogP contribution >= 0.6 is 61.2 Å². The highest BCUT2D eigenvalue weighted by molar-refractivity contribution is 9.70. The molecule has 0 aromatic heterocycles. The summed E-state index contributed by atoms with van der Waals surface area (Å²) in [6, 6.07) is 0. The highest BCUT2D eigenvalue weighted by atomic mass is 79.9. The summed E-state index contributed by atoms with van der Waals surface area (Å²) in [5.74, 6) is 0. The Hall–Kier alpha value is 2.79. The minimum atomic E-state index is -1.04. The van der Waals surface area contributed by atoms with Gasteiger partial charge in [0, 0.05) is 17.1 Å². The van der Waals surface area contributed by atoms with Gasteiger partial charge in [0.1, 0.15) is 0 Å². The molecular formula is Br4Si4. The monoisotopic (exact) mass is 428 g/mol. The molecule has 8 heavy (non-hydrogen) atoms. The molecule has 0 aliphatic carbocycles. The van der Waals surface area contributed by atoms with E-state index in [2.05, 4.69) is 61.2 Å². The Labute approximate surface area is 85.7 Å². The topological polar surface area (TPSA) is 0 Å². The van der Waals surface area contributed by atoms with Crippen molar-refractivity contribution < 1.29 is 0 Å². The second-order valence-corrected chi connectivity index (χ2v) is 60.4. The largest absolute Gasteiger partial charge is 0.194 e. The zero-order valence-electron chi connectivity index (χ0n) is 3.51. The zero-order chi connectivity index (χ0) is 6.41. The van der Waals surface area contributed by atoms with Crippen LogP contribution in [0.1, 0.15) is 0 Å². The smallest absolute Gasteiger partial charge is 0.117 e. The van der Waals surface area contributed by atoms with Crippen molar-refractivity contribution in [2.75, 3.05) is 0 Å². The molecule has 1 heterocycles. The van der Waals surface area contributed by atoms with E-state index in [9.17, 15) is 0 Å². The lowest BCUT2D eigenvalue weighted by Gasteiger charge is -2.39. The van der Waals surface area contributed by atoms with Gasteiger partial charge in [-0.2, -0.15) is 0 Å². The van der Waals surface area contributed by atoms with Crippen LogP contribution in [0.2, 0.25) is 0 Å². The SMILES string of the molecule is Br[Si]1(Br)[Si][Si][Si]1(Br)Br. The van der Waals surface area contributed by atoms with Crippen molar-refractivity contribution in [2.24, 2.45) is 0 Å². The summed E-state index contributed by atoms with van der Waals surface area (Å²) in [6.45, 7) is 0. The lowest BCUT2D eigenvalue weighted by molar-refractivity contribution is 3.55. The first-order valence-electron chi connectivity index (χ1n) is 1.76. The number of hydrogen-bond acceptors (Lipinski definition) is 0. The van der Waals surface area contributed by atoms with Crippen molar-refractivity contribution in [1.29, 1.82) is 0 Å². The summed E-state index contributed by atoms with van der Waals surface area (Å²) in [4.78, 5) is 0. The Kier molecular flexibility index (Phi) is 2.98. The van der Waals surface area contributed by atoms with Crippen LogP contribution in [0.15, 0.2) is 0 Å². The van der Waals surface area contributed by atoms with Gasteiger partial charge in [0.15, 0.2) is 8.70 Å². The van der Waals surface area contributed by atoms with Gasteiger partial charge in [-0.15, -0.1) is 61.2 Å². The first kappa shape index (κ1) is 8.88. The molecule has 4 radical (unpaired) electrons. The van der Waals surface area contributed by atoms with Gasteiger partial charge in [0.05, 0.1) is 0 Å². The molecule has 44 valence electrons. The van der Waals surface area contributed by atoms with Crippen LogP contribution in [-0.4, -0.2) is 25.8 Å². The molecular weight excluding hydrogens is 432 g/mol. The third kappa shape index (κ3) is 1.51. The van der Waals surface area contributed by atoms with E-state index in [1.165, 1.54) is 17.1 Å². The van der Waals surface area contributed by atoms with Crippen LogP contribution in [0.25, 0.3) is 0 Å². The molecule has 1 fully saturated rings. The predicted octanol–water partition coefficient (Wildman–Crippen LogP) is 1.86. The Morgan fingerprint density at radius 3 is 1.00 bits per heavy atom. The molecule has 0 aromatic rings. The minimum Gasteiger partial charge on any atom is -0.117 e. The first-order chi connectivity index (χ1) is 3.46. The Morgan fingerprint density at radius 2 is 1.00 bits per heavy atom. The van der Waals surface area contributed by atoms with Crippen LogP contribution < -0.4 is 0 Å². The summed E-state index contributed by atoms with van der Waals surface area (Å²) < 4.78 is -2.08. The molecule has 0 N–H and O–H groups in total. The fraction of sp³-hybridized carbons (Fsp3) is 0. The van der Waals surface area contributed by atoms with Crippen LogP contribution in [0.5, 0.6) is 0 Å². The maximum atomic E-state index is 3.73. The molecule has 8 heteroatoms. The second-order valence-electron chi connectivity index (χ2n) is 1.40. The summed E-state index contributed by atoms with van der Waals surface area (Å²) in [5.41, 5.74) is 0. The van der Waals surface area contributed by atoms with Gasteiger partial charge in [-0.25, -0.2) is 0 Å². The van der Waals surface area contributed by atoms with Crippen molar-refractivity contribution in [3.63, 3.8) is 0 Å². The van der Waals surface area contributed by atoms with E-state index >= 15 is 0 Å². The highest BCUT2D eigenvalue weighted by Gasteiger charge is 2.59.